The smallest absolute Gasteiger partial charge is 0.0149 e. The first-order valence-electron chi connectivity index (χ1n) is 6.53. The quantitative estimate of drug-likeness (QED) is 0.566. The molecule has 0 unspecified atom stereocenters. The van der Waals surface area contributed by atoms with Gasteiger partial charge in [0.05, 0.1) is 0 Å². The second-order valence-electron chi connectivity index (χ2n) is 6.42. The van der Waals surface area contributed by atoms with Gasteiger partial charge in [0.2, 0.25) is 0 Å². The van der Waals surface area contributed by atoms with Crippen molar-refractivity contribution in [3.05, 3.63) is 35.4 Å². The third-order valence-corrected chi connectivity index (χ3v) is 5.73. The number of alkyl halides is 2. The van der Waals surface area contributed by atoms with Crippen molar-refractivity contribution in [1.82, 2.24) is 0 Å². The van der Waals surface area contributed by atoms with Gasteiger partial charge in [-0.25, -0.2) is 0 Å². The van der Waals surface area contributed by atoms with Crippen LogP contribution in [-0.4, -0.2) is 10.7 Å². The minimum atomic E-state index is 0.207. The van der Waals surface area contributed by atoms with Gasteiger partial charge in [0.1, 0.15) is 0 Å². The number of hydrogen-bond acceptors (Lipinski definition) is 0. The summed E-state index contributed by atoms with van der Waals surface area (Å²) < 4.78 is 0. The second-order valence-corrected chi connectivity index (χ2v) is 7.54. The van der Waals surface area contributed by atoms with Crippen LogP contribution in [0.3, 0.4) is 0 Å². The van der Waals surface area contributed by atoms with Gasteiger partial charge in [-0.3, -0.25) is 0 Å². The van der Waals surface area contributed by atoms with Crippen molar-refractivity contribution in [1.29, 1.82) is 0 Å². The van der Waals surface area contributed by atoms with Crippen molar-refractivity contribution < 1.29 is 0 Å². The summed E-state index contributed by atoms with van der Waals surface area (Å²) in [4.78, 5) is 0. The first kappa shape index (κ1) is 16.2. The van der Waals surface area contributed by atoms with Crippen LogP contribution in [0.15, 0.2) is 24.3 Å². The van der Waals surface area contributed by atoms with Gasteiger partial charge in [0.25, 0.3) is 0 Å². The lowest BCUT2D eigenvalue weighted by atomic mass is 9.74. The maximum Gasteiger partial charge on any atom is 0.0149 e. The molecular formula is C16H24Br2. The normalized spacial score (nSPS) is 12.8. The number of aryl methyl sites for hydroxylation is 1. The molecule has 0 aliphatic heterocycles. The Morgan fingerprint density at radius 1 is 0.944 bits per heavy atom. The molecule has 0 spiro atoms. The molecule has 0 bridgehead atoms. The molecular weight excluding hydrogens is 352 g/mol. The fraction of sp³-hybridized carbons (Fsp3) is 0.625. The molecule has 1 aromatic carbocycles. The van der Waals surface area contributed by atoms with Gasteiger partial charge in [-0.1, -0.05) is 76.9 Å². The molecule has 0 nitrogen and oxygen atoms in total. The van der Waals surface area contributed by atoms with Crippen LogP contribution in [-0.2, 0) is 5.41 Å². The molecule has 0 aliphatic rings. The zero-order valence-corrected chi connectivity index (χ0v) is 15.1. The maximum absolute atomic E-state index is 3.74. The van der Waals surface area contributed by atoms with E-state index in [9.17, 15) is 0 Å². The summed E-state index contributed by atoms with van der Waals surface area (Å²) in [6.07, 6.45) is 2.44. The lowest BCUT2D eigenvalue weighted by Crippen LogP contribution is -2.32. The lowest BCUT2D eigenvalue weighted by Gasteiger charge is -2.34. The third kappa shape index (κ3) is 4.09. The molecule has 0 N–H and O–H groups in total. The van der Waals surface area contributed by atoms with E-state index in [1.54, 1.807) is 0 Å². The zero-order valence-electron chi connectivity index (χ0n) is 11.9. The Morgan fingerprint density at radius 3 is 1.94 bits per heavy atom. The van der Waals surface area contributed by atoms with Crippen molar-refractivity contribution in [2.75, 3.05) is 10.7 Å². The summed E-state index contributed by atoms with van der Waals surface area (Å²) in [5, 5.41) is 2.01. The zero-order chi connectivity index (χ0) is 13.8. The molecule has 0 saturated heterocycles. The van der Waals surface area contributed by atoms with Crippen LogP contribution in [0.5, 0.6) is 0 Å². The second kappa shape index (κ2) is 6.56. The van der Waals surface area contributed by atoms with Gasteiger partial charge >= 0.3 is 0 Å². The maximum atomic E-state index is 3.74. The Hall–Kier alpha value is 0.180. The van der Waals surface area contributed by atoms with Crippen LogP contribution in [0.25, 0.3) is 0 Å². The Balaban J connectivity index is 3.04. The molecule has 0 amide bonds. The number of benzene rings is 1. The van der Waals surface area contributed by atoms with Gasteiger partial charge in [-0.05, 0) is 36.3 Å². The molecule has 1 rings (SSSR count). The lowest BCUT2D eigenvalue weighted by molar-refractivity contribution is 0.321. The summed E-state index contributed by atoms with van der Waals surface area (Å²) in [5.41, 5.74) is 3.46. The molecule has 0 radical (unpaired) electrons. The standard InChI is InChI=1S/C16H24Br2/c1-13-7-5-6-8-14(13)16(11-17,12-18)10-9-15(2,3)4/h5-8H,9-12H2,1-4H3. The first-order chi connectivity index (χ1) is 8.34. The minimum absolute atomic E-state index is 0.207. The highest BCUT2D eigenvalue weighted by Crippen LogP contribution is 2.38. The van der Waals surface area contributed by atoms with E-state index in [2.05, 4.69) is 83.8 Å². The van der Waals surface area contributed by atoms with E-state index in [1.807, 2.05) is 0 Å². The molecule has 2 heteroatoms. The van der Waals surface area contributed by atoms with Crippen LogP contribution in [0.2, 0.25) is 0 Å². The average Bonchev–Trinajstić information content (AvgIpc) is 2.31. The largest absolute Gasteiger partial charge is 0.0918 e. The van der Waals surface area contributed by atoms with E-state index >= 15 is 0 Å². The average molecular weight is 376 g/mol. The Morgan fingerprint density at radius 2 is 1.50 bits per heavy atom. The topological polar surface area (TPSA) is 0 Å². The van der Waals surface area contributed by atoms with E-state index < -0.39 is 0 Å². The third-order valence-electron chi connectivity index (χ3n) is 3.58. The molecule has 18 heavy (non-hydrogen) atoms. The van der Waals surface area contributed by atoms with Gasteiger partial charge in [0.15, 0.2) is 0 Å². The van der Waals surface area contributed by atoms with Crippen LogP contribution >= 0.6 is 31.9 Å². The predicted molar refractivity (Wildman–Crippen MR) is 89.1 cm³/mol. The summed E-state index contributed by atoms with van der Waals surface area (Å²) in [6, 6.07) is 8.77. The minimum Gasteiger partial charge on any atom is -0.0918 e. The summed E-state index contributed by atoms with van der Waals surface area (Å²) in [6.45, 7) is 9.17. The van der Waals surface area contributed by atoms with Gasteiger partial charge in [-0.15, -0.1) is 0 Å². The fourth-order valence-corrected chi connectivity index (χ4v) is 4.32. The highest BCUT2D eigenvalue weighted by Gasteiger charge is 2.32. The van der Waals surface area contributed by atoms with E-state index in [1.165, 1.54) is 24.0 Å². The van der Waals surface area contributed by atoms with Crippen LogP contribution < -0.4 is 0 Å². The number of rotatable bonds is 5. The molecule has 0 atom stereocenters. The number of halogens is 2. The summed E-state index contributed by atoms with van der Waals surface area (Å²) >= 11 is 7.48. The van der Waals surface area contributed by atoms with Gasteiger partial charge < -0.3 is 0 Å². The highest BCUT2D eigenvalue weighted by atomic mass is 79.9. The van der Waals surface area contributed by atoms with Crippen LogP contribution in [0.4, 0.5) is 0 Å². The predicted octanol–water partition coefficient (Wildman–Crippen LogP) is 5.85. The van der Waals surface area contributed by atoms with E-state index in [0.29, 0.717) is 5.41 Å². The first-order valence-corrected chi connectivity index (χ1v) is 8.77. The monoisotopic (exact) mass is 374 g/mol. The molecule has 1 aromatic rings. The van der Waals surface area contributed by atoms with Crippen molar-refractivity contribution in [3.63, 3.8) is 0 Å². The summed E-state index contributed by atoms with van der Waals surface area (Å²) in [7, 11) is 0. The van der Waals surface area contributed by atoms with Gasteiger partial charge in [-0.2, -0.15) is 0 Å². The SMILES string of the molecule is Cc1ccccc1C(CBr)(CBr)CCC(C)(C)C. The molecule has 102 valence electrons. The van der Waals surface area contributed by atoms with Crippen molar-refractivity contribution >= 4 is 31.9 Å². The van der Waals surface area contributed by atoms with Gasteiger partial charge in [0, 0.05) is 16.1 Å². The van der Waals surface area contributed by atoms with E-state index in [4.69, 9.17) is 0 Å². The Labute approximate surface area is 129 Å². The Bertz CT molecular complexity index is 373. The molecule has 0 heterocycles. The van der Waals surface area contributed by atoms with E-state index in [-0.39, 0.29) is 5.41 Å². The molecule has 0 saturated carbocycles. The fourth-order valence-electron chi connectivity index (χ4n) is 2.23. The number of hydrogen-bond donors (Lipinski definition) is 0. The van der Waals surface area contributed by atoms with Crippen molar-refractivity contribution in [2.24, 2.45) is 5.41 Å². The summed E-state index contributed by atoms with van der Waals surface area (Å²) in [5.74, 6) is 0. The Kier molecular flexibility index (Phi) is 5.92. The van der Waals surface area contributed by atoms with Crippen LogP contribution in [0.1, 0.15) is 44.7 Å². The van der Waals surface area contributed by atoms with E-state index in [0.717, 1.165) is 10.7 Å². The molecule has 0 aliphatic carbocycles. The molecule has 0 aromatic heterocycles. The van der Waals surface area contributed by atoms with Crippen LogP contribution in [0, 0.1) is 12.3 Å². The van der Waals surface area contributed by atoms with Crippen molar-refractivity contribution in [3.8, 4) is 0 Å². The highest BCUT2D eigenvalue weighted by molar-refractivity contribution is 9.09. The van der Waals surface area contributed by atoms with Crippen molar-refractivity contribution in [2.45, 2.75) is 46.0 Å². The molecule has 0 fully saturated rings.